The standard InChI is InChI=1S/C28H51N11O11/c1-13(2)8-18(25(48)33-9-20(42)35-15(4)23(46)36-14(3)22(45)34-10-21(43)44)38-26(49)17(6-5-7-32-28(30)31)37-27(50)19(12-41)39-24(47)16(29)11-40/h13-19,40-41H,5-12,29H2,1-4H3,(H,33,48)(H,34,45)(H,35,42)(H,36,46)(H,37,50)(H,38,49)(H,39,47)(H,43,44)(H4,30,31,32). The van der Waals surface area contributed by atoms with E-state index in [1.54, 1.807) is 13.8 Å². The molecule has 0 fully saturated rings. The van der Waals surface area contributed by atoms with Gasteiger partial charge in [-0.15, -0.1) is 0 Å². The van der Waals surface area contributed by atoms with Crippen molar-refractivity contribution in [3.63, 3.8) is 0 Å². The summed E-state index contributed by atoms with van der Waals surface area (Å²) < 4.78 is 0. The van der Waals surface area contributed by atoms with Crippen LogP contribution in [0.2, 0.25) is 0 Å². The second kappa shape index (κ2) is 23.3. The number of aliphatic hydroxyl groups excluding tert-OH is 2. The molecule has 0 aliphatic carbocycles. The third kappa shape index (κ3) is 18.5. The first-order chi connectivity index (χ1) is 23.3. The average Bonchev–Trinajstić information content (AvgIpc) is 3.04. The minimum Gasteiger partial charge on any atom is -0.480 e. The number of rotatable bonds is 23. The van der Waals surface area contributed by atoms with Crippen molar-refractivity contribution in [2.75, 3.05) is 32.8 Å². The molecule has 0 spiro atoms. The molecule has 284 valence electrons. The van der Waals surface area contributed by atoms with Crippen molar-refractivity contribution in [3.8, 4) is 0 Å². The molecular formula is C28H51N11O11. The van der Waals surface area contributed by atoms with Gasteiger partial charge in [0, 0.05) is 6.54 Å². The van der Waals surface area contributed by atoms with Crippen molar-refractivity contribution in [2.24, 2.45) is 28.1 Å². The van der Waals surface area contributed by atoms with Crippen LogP contribution in [-0.2, 0) is 38.4 Å². The number of hydrogen-bond acceptors (Lipinski definition) is 12. The lowest BCUT2D eigenvalue weighted by atomic mass is 10.0. The fourth-order valence-electron chi connectivity index (χ4n) is 3.94. The van der Waals surface area contributed by atoms with Crippen LogP contribution in [0.3, 0.4) is 0 Å². The van der Waals surface area contributed by atoms with Crippen molar-refractivity contribution in [1.82, 2.24) is 37.2 Å². The molecule has 22 nitrogen and oxygen atoms in total. The number of carbonyl (C=O) groups is 8. The van der Waals surface area contributed by atoms with Crippen LogP contribution in [0.1, 0.15) is 47.0 Å². The van der Waals surface area contributed by atoms with Crippen LogP contribution >= 0.6 is 0 Å². The van der Waals surface area contributed by atoms with Gasteiger partial charge in [-0.2, -0.15) is 0 Å². The summed E-state index contributed by atoms with van der Waals surface area (Å²) in [5, 5.41) is 43.6. The molecule has 7 amide bonds. The highest BCUT2D eigenvalue weighted by molar-refractivity contribution is 5.96. The molecule has 6 atom stereocenters. The lowest BCUT2D eigenvalue weighted by Crippen LogP contribution is -2.59. The Bertz CT molecular complexity index is 1230. The smallest absolute Gasteiger partial charge is 0.322 e. The number of nitrogens with one attached hydrogen (secondary N) is 7. The number of aliphatic imine (C=N–C) groups is 1. The molecule has 0 heterocycles. The minimum absolute atomic E-state index is 0.0468. The maximum atomic E-state index is 13.4. The van der Waals surface area contributed by atoms with E-state index in [1.165, 1.54) is 13.8 Å². The summed E-state index contributed by atoms with van der Waals surface area (Å²) >= 11 is 0. The zero-order chi connectivity index (χ0) is 38.6. The number of guanidine groups is 1. The fraction of sp³-hybridized carbons (Fsp3) is 0.679. The van der Waals surface area contributed by atoms with E-state index in [-0.39, 0.29) is 37.7 Å². The predicted molar refractivity (Wildman–Crippen MR) is 176 cm³/mol. The van der Waals surface area contributed by atoms with Gasteiger partial charge in [0.1, 0.15) is 42.8 Å². The van der Waals surface area contributed by atoms with Gasteiger partial charge in [0.2, 0.25) is 41.4 Å². The largest absolute Gasteiger partial charge is 0.480 e. The first-order valence-electron chi connectivity index (χ1n) is 15.6. The van der Waals surface area contributed by atoms with Crippen LogP contribution in [0.15, 0.2) is 4.99 Å². The summed E-state index contributed by atoms with van der Waals surface area (Å²) in [6, 6.07) is -7.69. The zero-order valence-electron chi connectivity index (χ0n) is 28.5. The molecule has 0 aromatic carbocycles. The van der Waals surface area contributed by atoms with Crippen LogP contribution < -0.4 is 54.4 Å². The van der Waals surface area contributed by atoms with E-state index in [2.05, 4.69) is 42.2 Å². The number of aliphatic hydroxyl groups is 2. The van der Waals surface area contributed by atoms with Crippen LogP contribution in [0, 0.1) is 5.92 Å². The molecular weight excluding hydrogens is 666 g/mol. The van der Waals surface area contributed by atoms with Crippen molar-refractivity contribution in [3.05, 3.63) is 0 Å². The van der Waals surface area contributed by atoms with Crippen LogP contribution in [0.25, 0.3) is 0 Å². The Morgan fingerprint density at radius 1 is 0.640 bits per heavy atom. The molecule has 0 aliphatic heterocycles. The van der Waals surface area contributed by atoms with Crippen molar-refractivity contribution < 1.29 is 53.7 Å². The van der Waals surface area contributed by atoms with Crippen molar-refractivity contribution in [2.45, 2.75) is 83.2 Å². The van der Waals surface area contributed by atoms with E-state index in [1.807, 2.05) is 0 Å². The fourth-order valence-corrected chi connectivity index (χ4v) is 3.94. The summed E-state index contributed by atoms with van der Waals surface area (Å²) in [5.41, 5.74) is 16.1. The van der Waals surface area contributed by atoms with Gasteiger partial charge < -0.3 is 69.7 Å². The molecule has 22 heteroatoms. The van der Waals surface area contributed by atoms with Gasteiger partial charge in [-0.05, 0) is 39.0 Å². The van der Waals surface area contributed by atoms with Gasteiger partial charge in [-0.25, -0.2) is 0 Å². The van der Waals surface area contributed by atoms with E-state index < -0.39 is 110 Å². The van der Waals surface area contributed by atoms with Crippen molar-refractivity contribution in [1.29, 1.82) is 0 Å². The highest BCUT2D eigenvalue weighted by Gasteiger charge is 2.31. The van der Waals surface area contributed by atoms with E-state index in [0.717, 1.165) is 0 Å². The highest BCUT2D eigenvalue weighted by Crippen LogP contribution is 2.07. The summed E-state index contributed by atoms with van der Waals surface area (Å²) in [6.45, 7) is 3.37. The van der Waals surface area contributed by atoms with Crippen LogP contribution in [-0.4, -0.2) is 138 Å². The molecule has 0 radical (unpaired) electrons. The van der Waals surface area contributed by atoms with E-state index >= 15 is 0 Å². The maximum absolute atomic E-state index is 13.4. The number of nitrogens with zero attached hydrogens (tertiary/aromatic N) is 1. The van der Waals surface area contributed by atoms with E-state index in [9.17, 15) is 43.5 Å². The number of amides is 7. The minimum atomic E-state index is -1.54. The van der Waals surface area contributed by atoms with Crippen molar-refractivity contribution >= 4 is 53.3 Å². The lowest BCUT2D eigenvalue weighted by molar-refractivity contribution is -0.138. The van der Waals surface area contributed by atoms with E-state index in [0.29, 0.717) is 0 Å². The van der Waals surface area contributed by atoms with Gasteiger partial charge in [-0.3, -0.25) is 43.3 Å². The molecule has 0 rings (SSSR count). The quantitative estimate of drug-likeness (QED) is 0.0265. The molecule has 0 aromatic heterocycles. The number of hydrogen-bond donors (Lipinski definition) is 13. The Morgan fingerprint density at radius 2 is 1.18 bits per heavy atom. The molecule has 0 aromatic rings. The second-order valence-electron chi connectivity index (χ2n) is 11.6. The summed E-state index contributed by atoms with van der Waals surface area (Å²) in [6.07, 6.45) is 0.234. The number of aliphatic carboxylic acids is 1. The predicted octanol–water partition coefficient (Wildman–Crippen LogP) is -6.82. The van der Waals surface area contributed by atoms with Gasteiger partial charge in [-0.1, -0.05) is 13.8 Å². The normalized spacial score (nSPS) is 14.3. The molecule has 16 N–H and O–H groups in total. The Labute approximate surface area is 288 Å². The monoisotopic (exact) mass is 717 g/mol. The van der Waals surface area contributed by atoms with Gasteiger partial charge >= 0.3 is 5.97 Å². The number of carboxylic acids is 1. The van der Waals surface area contributed by atoms with Gasteiger partial charge in [0.15, 0.2) is 5.96 Å². The average molecular weight is 718 g/mol. The molecule has 0 aliphatic rings. The number of nitrogens with two attached hydrogens (primary N) is 3. The topological polar surface area (TPSA) is 372 Å². The third-order valence-electron chi connectivity index (χ3n) is 6.63. The molecule has 50 heavy (non-hydrogen) atoms. The molecule has 6 unspecified atom stereocenters. The number of carbonyl (C=O) groups excluding carboxylic acids is 7. The van der Waals surface area contributed by atoms with Crippen LogP contribution in [0.5, 0.6) is 0 Å². The maximum Gasteiger partial charge on any atom is 0.322 e. The Kier molecular flexibility index (Phi) is 20.9. The first-order valence-corrected chi connectivity index (χ1v) is 15.6. The highest BCUT2D eigenvalue weighted by atomic mass is 16.4. The summed E-state index contributed by atoms with van der Waals surface area (Å²) in [5.74, 6) is -7.44. The summed E-state index contributed by atoms with van der Waals surface area (Å²) in [7, 11) is 0. The van der Waals surface area contributed by atoms with Gasteiger partial charge in [0.25, 0.3) is 0 Å². The molecule has 0 bridgehead atoms. The van der Waals surface area contributed by atoms with Gasteiger partial charge in [0.05, 0.1) is 19.8 Å². The third-order valence-corrected chi connectivity index (χ3v) is 6.63. The Hall–Kier alpha value is -5.09. The Balaban J connectivity index is 5.55. The second-order valence-corrected chi connectivity index (χ2v) is 11.6. The van der Waals surface area contributed by atoms with E-state index in [4.69, 9.17) is 27.4 Å². The SMILES string of the molecule is CC(C)CC(NC(=O)C(CCCN=C(N)N)NC(=O)C(CO)NC(=O)C(N)CO)C(=O)NCC(=O)NC(C)C(=O)NC(C)C(=O)NCC(=O)O. The number of carboxylic acid groups (broad SMARTS) is 1. The van der Waals surface area contributed by atoms with Crippen LogP contribution in [0.4, 0.5) is 0 Å². The molecule has 0 saturated carbocycles. The Morgan fingerprint density at radius 3 is 1.72 bits per heavy atom. The molecule has 0 saturated heterocycles. The first kappa shape index (κ1) is 44.9. The zero-order valence-corrected chi connectivity index (χ0v) is 28.5. The lowest BCUT2D eigenvalue weighted by Gasteiger charge is -2.26. The summed E-state index contributed by atoms with van der Waals surface area (Å²) in [4.78, 5) is 103.